The summed E-state index contributed by atoms with van der Waals surface area (Å²) < 4.78 is 5.44. The average Bonchev–Trinajstić information content (AvgIpc) is 2.68. The van der Waals surface area contributed by atoms with E-state index in [1.165, 1.54) is 0 Å². The molecule has 0 aliphatic carbocycles. The topological polar surface area (TPSA) is 79.1 Å². The molecule has 2 N–H and O–H groups in total. The molecule has 7 heteroatoms. The third kappa shape index (κ3) is 4.27. The zero-order valence-corrected chi connectivity index (χ0v) is 15.4. The number of amides is 2. The van der Waals surface area contributed by atoms with Crippen molar-refractivity contribution in [2.45, 2.75) is 12.8 Å². The monoisotopic (exact) mass is 360 g/mol. The third-order valence-electron chi connectivity index (χ3n) is 5.41. The highest BCUT2D eigenvalue weighted by Gasteiger charge is 2.27. The lowest BCUT2D eigenvalue weighted by Crippen LogP contribution is -2.52. The first kappa shape index (κ1) is 18.5. The van der Waals surface area contributed by atoms with Crippen molar-refractivity contribution in [2.75, 3.05) is 57.8 Å². The van der Waals surface area contributed by atoms with E-state index >= 15 is 0 Å². The van der Waals surface area contributed by atoms with Crippen LogP contribution in [-0.4, -0.2) is 74.5 Å². The highest BCUT2D eigenvalue weighted by atomic mass is 16.5. The van der Waals surface area contributed by atoms with Crippen LogP contribution in [0.1, 0.15) is 12.8 Å². The van der Waals surface area contributed by atoms with Gasteiger partial charge in [-0.2, -0.15) is 0 Å². The Hall–Kier alpha value is -2.28. The van der Waals surface area contributed by atoms with Crippen molar-refractivity contribution in [3.8, 4) is 5.75 Å². The molecule has 2 amide bonds. The van der Waals surface area contributed by atoms with Gasteiger partial charge in [0.05, 0.1) is 19.3 Å². The number of likely N-dealkylation sites (tertiary alicyclic amines) is 1. The molecule has 0 spiro atoms. The molecule has 3 rings (SSSR count). The van der Waals surface area contributed by atoms with E-state index in [1.54, 1.807) is 7.11 Å². The number of primary amides is 1. The minimum absolute atomic E-state index is 0.0363. The largest absolute Gasteiger partial charge is 0.495 e. The first-order valence-electron chi connectivity index (χ1n) is 9.26. The Morgan fingerprint density at radius 1 is 1.08 bits per heavy atom. The van der Waals surface area contributed by atoms with Crippen LogP contribution in [0.15, 0.2) is 24.3 Å². The highest BCUT2D eigenvalue weighted by molar-refractivity contribution is 5.79. The van der Waals surface area contributed by atoms with E-state index in [1.807, 2.05) is 23.1 Å². The number of nitrogens with zero attached hydrogens (tertiary/aromatic N) is 3. The number of hydrogen-bond donors (Lipinski definition) is 1. The fourth-order valence-electron chi connectivity index (χ4n) is 3.75. The average molecular weight is 360 g/mol. The summed E-state index contributed by atoms with van der Waals surface area (Å²) >= 11 is 0. The van der Waals surface area contributed by atoms with E-state index in [4.69, 9.17) is 10.5 Å². The van der Waals surface area contributed by atoms with Crippen molar-refractivity contribution in [2.24, 2.45) is 11.7 Å². The van der Waals surface area contributed by atoms with Crippen LogP contribution in [0.4, 0.5) is 5.69 Å². The van der Waals surface area contributed by atoms with E-state index in [-0.39, 0.29) is 17.7 Å². The molecule has 0 saturated carbocycles. The molecule has 2 aliphatic rings. The number of hydrogen-bond acceptors (Lipinski definition) is 5. The number of carbonyl (C=O) groups is 2. The molecule has 0 bridgehead atoms. The molecule has 142 valence electrons. The maximum Gasteiger partial charge on any atom is 0.236 e. The SMILES string of the molecule is COc1ccccc1N1CCN(C(=O)CN2CCC(C(N)=O)CC2)CC1. The van der Waals surface area contributed by atoms with Gasteiger partial charge in [0.1, 0.15) is 5.75 Å². The van der Waals surface area contributed by atoms with Crippen molar-refractivity contribution in [3.05, 3.63) is 24.3 Å². The summed E-state index contributed by atoms with van der Waals surface area (Å²) in [6, 6.07) is 7.98. The molecule has 26 heavy (non-hydrogen) atoms. The lowest BCUT2D eigenvalue weighted by Gasteiger charge is -2.38. The zero-order valence-electron chi connectivity index (χ0n) is 15.4. The summed E-state index contributed by atoms with van der Waals surface area (Å²) in [7, 11) is 1.68. The lowest BCUT2D eigenvalue weighted by molar-refractivity contribution is -0.133. The number of ether oxygens (including phenoxy) is 1. The van der Waals surface area contributed by atoms with Gasteiger partial charge in [0.15, 0.2) is 0 Å². The number of nitrogens with two attached hydrogens (primary N) is 1. The van der Waals surface area contributed by atoms with Crippen molar-refractivity contribution >= 4 is 17.5 Å². The van der Waals surface area contributed by atoms with E-state index in [2.05, 4.69) is 15.9 Å². The summed E-state index contributed by atoms with van der Waals surface area (Å²) in [5, 5.41) is 0. The molecule has 0 radical (unpaired) electrons. The van der Waals surface area contributed by atoms with Gasteiger partial charge in [-0.25, -0.2) is 0 Å². The van der Waals surface area contributed by atoms with Gasteiger partial charge < -0.3 is 20.3 Å². The Morgan fingerprint density at radius 3 is 2.35 bits per heavy atom. The maximum atomic E-state index is 12.6. The number of carbonyl (C=O) groups excluding carboxylic acids is 2. The van der Waals surface area contributed by atoms with Gasteiger partial charge in [-0.3, -0.25) is 14.5 Å². The van der Waals surface area contributed by atoms with E-state index in [0.29, 0.717) is 19.6 Å². The Morgan fingerprint density at radius 2 is 1.73 bits per heavy atom. The summed E-state index contributed by atoms with van der Waals surface area (Å²) in [4.78, 5) is 30.2. The quantitative estimate of drug-likeness (QED) is 0.829. The van der Waals surface area contributed by atoms with Gasteiger partial charge in [-0.1, -0.05) is 12.1 Å². The second-order valence-corrected chi connectivity index (χ2v) is 6.99. The molecule has 2 aliphatic heterocycles. The molecule has 2 saturated heterocycles. The summed E-state index contributed by atoms with van der Waals surface area (Å²) in [5.41, 5.74) is 6.45. The van der Waals surface area contributed by atoms with Gasteiger partial charge in [-0.15, -0.1) is 0 Å². The van der Waals surface area contributed by atoms with Crippen LogP contribution in [0.3, 0.4) is 0 Å². The molecule has 2 fully saturated rings. The van der Waals surface area contributed by atoms with Gasteiger partial charge in [0.25, 0.3) is 0 Å². The molecular formula is C19H28N4O3. The number of para-hydroxylation sites is 2. The van der Waals surface area contributed by atoms with Crippen molar-refractivity contribution < 1.29 is 14.3 Å². The van der Waals surface area contributed by atoms with Crippen LogP contribution in [-0.2, 0) is 9.59 Å². The Bertz CT molecular complexity index is 635. The molecule has 1 aromatic rings. The normalized spacial score (nSPS) is 19.4. The maximum absolute atomic E-state index is 12.6. The Kier molecular flexibility index (Phi) is 5.98. The first-order valence-corrected chi connectivity index (χ1v) is 9.26. The van der Waals surface area contributed by atoms with Crippen LogP contribution < -0.4 is 15.4 Å². The van der Waals surface area contributed by atoms with Gasteiger partial charge in [-0.05, 0) is 38.1 Å². The summed E-state index contributed by atoms with van der Waals surface area (Å²) in [6.07, 6.45) is 1.51. The summed E-state index contributed by atoms with van der Waals surface area (Å²) in [5.74, 6) is 0.779. The van der Waals surface area contributed by atoms with Gasteiger partial charge >= 0.3 is 0 Å². The molecule has 0 atom stereocenters. The first-order chi connectivity index (χ1) is 12.6. The smallest absolute Gasteiger partial charge is 0.236 e. The fraction of sp³-hybridized carbons (Fsp3) is 0.579. The second kappa shape index (κ2) is 8.40. The van der Waals surface area contributed by atoms with Crippen LogP contribution in [0.5, 0.6) is 5.75 Å². The standard InChI is InChI=1S/C19H28N4O3/c1-26-17-5-3-2-4-16(17)22-10-12-23(13-11-22)18(24)14-21-8-6-15(7-9-21)19(20)25/h2-5,15H,6-14H2,1H3,(H2,20,25). The second-order valence-electron chi connectivity index (χ2n) is 6.99. The van der Waals surface area contributed by atoms with Crippen molar-refractivity contribution in [1.82, 2.24) is 9.80 Å². The molecular weight excluding hydrogens is 332 g/mol. The van der Waals surface area contributed by atoms with Gasteiger partial charge in [0, 0.05) is 32.1 Å². The minimum atomic E-state index is -0.219. The fourth-order valence-corrected chi connectivity index (χ4v) is 3.75. The van der Waals surface area contributed by atoms with Crippen LogP contribution >= 0.6 is 0 Å². The molecule has 1 aromatic carbocycles. The predicted octanol–water partition coefficient (Wildman–Crippen LogP) is 0.541. The minimum Gasteiger partial charge on any atom is -0.495 e. The number of benzene rings is 1. The number of methoxy groups -OCH3 is 1. The molecule has 2 heterocycles. The number of piperidine rings is 1. The number of anilines is 1. The lowest BCUT2D eigenvalue weighted by atomic mass is 9.96. The van der Waals surface area contributed by atoms with Crippen LogP contribution in [0.25, 0.3) is 0 Å². The predicted molar refractivity (Wildman–Crippen MR) is 100 cm³/mol. The van der Waals surface area contributed by atoms with Crippen LogP contribution in [0.2, 0.25) is 0 Å². The highest BCUT2D eigenvalue weighted by Crippen LogP contribution is 2.28. The van der Waals surface area contributed by atoms with E-state index in [0.717, 1.165) is 50.5 Å². The van der Waals surface area contributed by atoms with E-state index in [9.17, 15) is 9.59 Å². The number of piperazine rings is 1. The van der Waals surface area contributed by atoms with Crippen molar-refractivity contribution in [1.29, 1.82) is 0 Å². The molecule has 0 unspecified atom stereocenters. The van der Waals surface area contributed by atoms with Crippen molar-refractivity contribution in [3.63, 3.8) is 0 Å². The Labute approximate surface area is 154 Å². The molecule has 0 aromatic heterocycles. The Balaban J connectivity index is 1.47. The zero-order chi connectivity index (χ0) is 18.5. The number of rotatable bonds is 5. The molecule has 7 nitrogen and oxygen atoms in total. The van der Waals surface area contributed by atoms with Crippen LogP contribution in [0, 0.1) is 5.92 Å². The summed E-state index contributed by atoms with van der Waals surface area (Å²) in [6.45, 7) is 5.00. The third-order valence-corrected chi connectivity index (χ3v) is 5.41. The van der Waals surface area contributed by atoms with Gasteiger partial charge in [0.2, 0.25) is 11.8 Å². The van der Waals surface area contributed by atoms with E-state index < -0.39 is 0 Å².